The molecular weight excluding hydrogens is 456 g/mol. The number of imide groups is 1. The van der Waals surface area contributed by atoms with E-state index >= 15 is 0 Å². The molecule has 0 radical (unpaired) electrons. The van der Waals surface area contributed by atoms with Crippen LogP contribution >= 0.6 is 11.8 Å². The summed E-state index contributed by atoms with van der Waals surface area (Å²) in [5.41, 5.74) is -0.00181. The number of hydrogen-bond donors (Lipinski definition) is 2. The number of amides is 4. The van der Waals surface area contributed by atoms with Crippen LogP contribution in [0.15, 0.2) is 48.7 Å². The highest BCUT2D eigenvalue weighted by Crippen LogP contribution is 2.30. The molecule has 1 aromatic carbocycles. The van der Waals surface area contributed by atoms with Gasteiger partial charge in [-0.15, -0.1) is 10.2 Å². The van der Waals surface area contributed by atoms with Gasteiger partial charge in [-0.25, -0.2) is 4.79 Å². The number of rotatable bonds is 9. The normalized spacial score (nSPS) is 18.7. The fraction of sp³-hybridized carbons (Fsp3) is 0.348. The first kappa shape index (κ1) is 23.6. The Balaban J connectivity index is 1.50. The molecule has 0 bridgehead atoms. The zero-order valence-corrected chi connectivity index (χ0v) is 20.0. The van der Waals surface area contributed by atoms with E-state index in [0.717, 1.165) is 10.7 Å². The minimum atomic E-state index is -1.27. The summed E-state index contributed by atoms with van der Waals surface area (Å²) in [7, 11) is 1.55. The Morgan fingerprint density at radius 2 is 1.97 bits per heavy atom. The molecule has 0 aliphatic carbocycles. The predicted molar refractivity (Wildman–Crippen MR) is 127 cm³/mol. The van der Waals surface area contributed by atoms with Gasteiger partial charge in [-0.2, -0.15) is 11.8 Å². The summed E-state index contributed by atoms with van der Waals surface area (Å²) in [5.74, 6) is 1.06. The van der Waals surface area contributed by atoms with E-state index < -0.39 is 36.0 Å². The maximum atomic E-state index is 13.2. The van der Waals surface area contributed by atoms with Gasteiger partial charge >= 0.3 is 6.03 Å². The molecule has 4 rings (SSSR count). The van der Waals surface area contributed by atoms with Crippen LogP contribution < -0.4 is 15.4 Å². The third-order valence-corrected chi connectivity index (χ3v) is 6.49. The molecule has 2 atom stereocenters. The Hall–Kier alpha value is -3.60. The van der Waals surface area contributed by atoms with Crippen molar-refractivity contribution in [1.82, 2.24) is 30.1 Å². The second-order valence-electron chi connectivity index (χ2n) is 8.06. The first-order chi connectivity index (χ1) is 16.4. The summed E-state index contributed by atoms with van der Waals surface area (Å²) in [6.07, 6.45) is 4.43. The van der Waals surface area contributed by atoms with E-state index in [4.69, 9.17) is 4.74 Å². The van der Waals surface area contributed by atoms with E-state index in [9.17, 15) is 14.4 Å². The molecule has 0 spiro atoms. The second kappa shape index (κ2) is 9.72. The van der Waals surface area contributed by atoms with E-state index in [1.54, 1.807) is 50.1 Å². The zero-order chi connectivity index (χ0) is 24.3. The molecule has 1 aliphatic heterocycles. The third-order valence-electron chi connectivity index (χ3n) is 5.84. The summed E-state index contributed by atoms with van der Waals surface area (Å²) in [5, 5.41) is 14.1. The number of methoxy groups -OCH3 is 1. The van der Waals surface area contributed by atoms with Crippen LogP contribution in [0.4, 0.5) is 4.79 Å². The summed E-state index contributed by atoms with van der Waals surface area (Å²) >= 11 is 1.65. The summed E-state index contributed by atoms with van der Waals surface area (Å²) in [6.45, 7) is 1.22. The Labute approximate surface area is 201 Å². The number of nitrogens with one attached hydrogen (secondary N) is 2. The van der Waals surface area contributed by atoms with Gasteiger partial charge in [0.1, 0.15) is 17.8 Å². The van der Waals surface area contributed by atoms with Gasteiger partial charge in [0.25, 0.3) is 5.91 Å². The quantitative estimate of drug-likeness (QED) is 0.449. The SMILES string of the molecule is COc1ccc(C2(C)NC(=O)N(CC(=O)NC(CCSC)c3nnc4ccccn34)C2=O)cc1. The van der Waals surface area contributed by atoms with Gasteiger partial charge in [0, 0.05) is 6.20 Å². The van der Waals surface area contributed by atoms with Crippen LogP contribution in [0.3, 0.4) is 0 Å². The van der Waals surface area contributed by atoms with Crippen molar-refractivity contribution in [3.63, 3.8) is 0 Å². The lowest BCUT2D eigenvalue weighted by Crippen LogP contribution is -2.44. The van der Waals surface area contributed by atoms with Crippen molar-refractivity contribution < 1.29 is 19.1 Å². The molecule has 1 aliphatic rings. The Morgan fingerprint density at radius 1 is 1.21 bits per heavy atom. The van der Waals surface area contributed by atoms with Crippen LogP contribution in [0.2, 0.25) is 0 Å². The van der Waals surface area contributed by atoms with Crippen molar-refractivity contribution in [3.8, 4) is 5.75 Å². The fourth-order valence-corrected chi connectivity index (χ4v) is 4.41. The summed E-state index contributed by atoms with van der Waals surface area (Å²) in [6, 6.07) is 11.4. The number of benzene rings is 1. The van der Waals surface area contributed by atoms with E-state index in [2.05, 4.69) is 20.8 Å². The average Bonchev–Trinajstić information content (AvgIpc) is 3.37. The standard InChI is InChI=1S/C23H26N6O4S/c1-23(15-7-9-16(33-2)10-8-15)21(31)29(22(32)25-23)14-19(30)24-17(11-13-34-3)20-27-26-18-6-4-5-12-28(18)20/h4-10,12,17H,11,13-14H2,1-3H3,(H,24,30)(H,25,32). The van der Waals surface area contributed by atoms with Crippen molar-refractivity contribution in [1.29, 1.82) is 0 Å². The van der Waals surface area contributed by atoms with Crippen molar-refractivity contribution in [3.05, 3.63) is 60.0 Å². The minimum absolute atomic E-state index is 0.400. The molecule has 10 nitrogen and oxygen atoms in total. The molecule has 4 amide bonds. The number of thioether (sulfide) groups is 1. The number of fused-ring (bicyclic) bond motifs is 1. The van der Waals surface area contributed by atoms with Crippen LogP contribution in [0.25, 0.3) is 5.65 Å². The topological polar surface area (TPSA) is 118 Å². The number of urea groups is 1. The summed E-state index contributed by atoms with van der Waals surface area (Å²) < 4.78 is 6.98. The highest BCUT2D eigenvalue weighted by molar-refractivity contribution is 7.98. The Bertz CT molecular complexity index is 1210. The van der Waals surface area contributed by atoms with Crippen molar-refractivity contribution >= 4 is 35.3 Å². The Kier molecular flexibility index (Phi) is 6.73. The van der Waals surface area contributed by atoms with Gasteiger partial charge in [0.2, 0.25) is 5.91 Å². The largest absolute Gasteiger partial charge is 0.497 e. The van der Waals surface area contributed by atoms with E-state index in [1.807, 2.05) is 35.1 Å². The second-order valence-corrected chi connectivity index (χ2v) is 9.05. The number of hydrogen-bond acceptors (Lipinski definition) is 7. The molecule has 2 unspecified atom stereocenters. The van der Waals surface area contributed by atoms with Crippen LogP contribution in [0, 0.1) is 0 Å². The van der Waals surface area contributed by atoms with Crippen LogP contribution in [-0.4, -0.2) is 63.0 Å². The molecule has 11 heteroatoms. The van der Waals surface area contributed by atoms with E-state index in [-0.39, 0.29) is 0 Å². The van der Waals surface area contributed by atoms with Gasteiger partial charge in [-0.1, -0.05) is 18.2 Å². The summed E-state index contributed by atoms with van der Waals surface area (Å²) in [4.78, 5) is 39.7. The molecule has 3 aromatic rings. The lowest BCUT2D eigenvalue weighted by molar-refractivity contribution is -0.135. The Morgan fingerprint density at radius 3 is 2.68 bits per heavy atom. The van der Waals surface area contributed by atoms with Crippen LogP contribution in [-0.2, 0) is 15.1 Å². The van der Waals surface area contributed by atoms with Crippen molar-refractivity contribution in [2.24, 2.45) is 0 Å². The lowest BCUT2D eigenvalue weighted by Gasteiger charge is -2.23. The van der Waals surface area contributed by atoms with Crippen molar-refractivity contribution in [2.75, 3.05) is 25.7 Å². The molecule has 34 heavy (non-hydrogen) atoms. The molecular formula is C23H26N6O4S. The minimum Gasteiger partial charge on any atom is -0.497 e. The molecule has 1 saturated heterocycles. The number of pyridine rings is 1. The van der Waals surface area contributed by atoms with E-state index in [1.165, 1.54) is 0 Å². The van der Waals surface area contributed by atoms with Gasteiger partial charge < -0.3 is 15.4 Å². The highest BCUT2D eigenvalue weighted by atomic mass is 32.2. The maximum Gasteiger partial charge on any atom is 0.325 e. The zero-order valence-electron chi connectivity index (χ0n) is 19.1. The molecule has 0 saturated carbocycles. The molecule has 2 aromatic heterocycles. The lowest BCUT2D eigenvalue weighted by atomic mass is 9.92. The third kappa shape index (κ3) is 4.43. The number of carbonyl (C=O) groups is 3. The predicted octanol–water partition coefficient (Wildman–Crippen LogP) is 2.12. The van der Waals surface area contributed by atoms with Gasteiger partial charge in [-0.3, -0.25) is 18.9 Å². The smallest absolute Gasteiger partial charge is 0.325 e. The number of ether oxygens (including phenoxy) is 1. The van der Waals surface area contributed by atoms with Crippen LogP contribution in [0.1, 0.15) is 30.8 Å². The first-order valence-corrected chi connectivity index (χ1v) is 12.1. The highest BCUT2D eigenvalue weighted by Gasteiger charge is 2.49. The monoisotopic (exact) mass is 482 g/mol. The fourth-order valence-electron chi connectivity index (χ4n) is 3.94. The average molecular weight is 483 g/mol. The molecule has 3 heterocycles. The first-order valence-electron chi connectivity index (χ1n) is 10.7. The number of carbonyl (C=O) groups excluding carboxylic acids is 3. The van der Waals surface area contributed by atoms with Gasteiger partial charge in [-0.05, 0) is 55.2 Å². The molecule has 1 fully saturated rings. The van der Waals surface area contributed by atoms with Crippen LogP contribution in [0.5, 0.6) is 5.75 Å². The van der Waals surface area contributed by atoms with Crippen molar-refractivity contribution in [2.45, 2.75) is 24.9 Å². The number of nitrogens with zero attached hydrogens (tertiary/aromatic N) is 4. The molecule has 178 valence electrons. The number of aromatic nitrogens is 3. The van der Waals surface area contributed by atoms with Gasteiger partial charge in [0.05, 0.1) is 13.2 Å². The van der Waals surface area contributed by atoms with Gasteiger partial charge in [0.15, 0.2) is 11.5 Å². The maximum absolute atomic E-state index is 13.2. The molecule has 2 N–H and O–H groups in total. The van der Waals surface area contributed by atoms with E-state index in [0.29, 0.717) is 29.2 Å².